The lowest BCUT2D eigenvalue weighted by Crippen LogP contribution is -2.11. The van der Waals surface area contributed by atoms with Crippen molar-refractivity contribution in [3.8, 4) is 0 Å². The summed E-state index contributed by atoms with van der Waals surface area (Å²) in [5.41, 5.74) is -0.0543. The van der Waals surface area contributed by atoms with E-state index in [-0.39, 0.29) is 17.9 Å². The smallest absolute Gasteiger partial charge is 0.231 e. The summed E-state index contributed by atoms with van der Waals surface area (Å²) < 4.78 is 31.8. The molecule has 0 atom stereocenters. The molecule has 96 valence electrons. The maximum Gasteiger partial charge on any atom is 0.231 e. The van der Waals surface area contributed by atoms with Crippen LogP contribution in [0.25, 0.3) is 0 Å². The highest BCUT2D eigenvalue weighted by Crippen LogP contribution is 2.15. The Morgan fingerprint density at radius 1 is 1.28 bits per heavy atom. The Hall–Kier alpha value is -1.82. The molecular weight excluding hydrogens is 240 g/mol. The minimum absolute atomic E-state index is 0.0366. The van der Waals surface area contributed by atoms with Crippen molar-refractivity contribution in [2.24, 2.45) is 0 Å². The maximum atomic E-state index is 13.4. The molecule has 0 bridgehead atoms. The van der Waals surface area contributed by atoms with Crippen LogP contribution in [0.15, 0.2) is 22.7 Å². The minimum Gasteiger partial charge on any atom is -0.339 e. The van der Waals surface area contributed by atoms with Gasteiger partial charge in [0.25, 0.3) is 0 Å². The van der Waals surface area contributed by atoms with E-state index in [2.05, 4.69) is 15.5 Å². The number of hydrogen-bond donors (Lipinski definition) is 1. The van der Waals surface area contributed by atoms with Gasteiger partial charge in [0.05, 0.1) is 6.42 Å². The molecule has 2 aromatic rings. The molecule has 6 heteroatoms. The van der Waals surface area contributed by atoms with Crippen molar-refractivity contribution in [1.82, 2.24) is 15.5 Å². The number of likely N-dealkylation sites (N-methyl/N-ethyl adjacent to an activating group) is 1. The summed E-state index contributed by atoms with van der Waals surface area (Å²) in [6.07, 6.45) is 0.574. The van der Waals surface area contributed by atoms with Crippen LogP contribution in [0.3, 0.4) is 0 Å². The summed E-state index contributed by atoms with van der Waals surface area (Å²) in [7, 11) is 1.82. The van der Waals surface area contributed by atoms with Gasteiger partial charge >= 0.3 is 0 Å². The van der Waals surface area contributed by atoms with Gasteiger partial charge in [-0.15, -0.1) is 0 Å². The highest BCUT2D eigenvalue weighted by atomic mass is 19.1. The van der Waals surface area contributed by atoms with Crippen LogP contribution in [0, 0.1) is 11.6 Å². The third-order valence-electron chi connectivity index (χ3n) is 2.50. The molecule has 1 heterocycles. The van der Waals surface area contributed by atoms with Crippen molar-refractivity contribution in [3.05, 3.63) is 47.1 Å². The van der Waals surface area contributed by atoms with Gasteiger partial charge in [0, 0.05) is 18.5 Å². The average Bonchev–Trinajstić information content (AvgIpc) is 2.79. The van der Waals surface area contributed by atoms with E-state index in [0.29, 0.717) is 18.8 Å². The number of halogens is 2. The Morgan fingerprint density at radius 2 is 2.00 bits per heavy atom. The van der Waals surface area contributed by atoms with Gasteiger partial charge in [-0.25, -0.2) is 8.78 Å². The van der Waals surface area contributed by atoms with Crippen molar-refractivity contribution in [2.75, 3.05) is 13.6 Å². The summed E-state index contributed by atoms with van der Waals surface area (Å²) in [5, 5.41) is 6.69. The Kier molecular flexibility index (Phi) is 3.99. The van der Waals surface area contributed by atoms with Gasteiger partial charge in [-0.2, -0.15) is 4.98 Å². The fourth-order valence-corrected chi connectivity index (χ4v) is 1.55. The van der Waals surface area contributed by atoms with E-state index in [4.69, 9.17) is 4.52 Å². The van der Waals surface area contributed by atoms with E-state index in [1.54, 1.807) is 0 Å². The van der Waals surface area contributed by atoms with Crippen LogP contribution in [0.4, 0.5) is 8.78 Å². The summed E-state index contributed by atoms with van der Waals surface area (Å²) >= 11 is 0. The first-order valence-corrected chi connectivity index (χ1v) is 5.59. The molecule has 2 rings (SSSR count). The highest BCUT2D eigenvalue weighted by Gasteiger charge is 2.13. The van der Waals surface area contributed by atoms with Gasteiger partial charge in [0.1, 0.15) is 11.6 Å². The van der Waals surface area contributed by atoms with Crippen LogP contribution in [-0.4, -0.2) is 23.7 Å². The zero-order valence-corrected chi connectivity index (χ0v) is 9.91. The second-order valence-corrected chi connectivity index (χ2v) is 3.83. The molecule has 1 N–H and O–H groups in total. The summed E-state index contributed by atoms with van der Waals surface area (Å²) in [4.78, 5) is 4.07. The van der Waals surface area contributed by atoms with Crippen LogP contribution in [0.2, 0.25) is 0 Å². The molecule has 4 nitrogen and oxygen atoms in total. The minimum atomic E-state index is -0.607. The molecule has 0 unspecified atom stereocenters. The van der Waals surface area contributed by atoms with Crippen molar-refractivity contribution in [2.45, 2.75) is 12.8 Å². The quantitative estimate of drug-likeness (QED) is 0.881. The van der Waals surface area contributed by atoms with Crippen LogP contribution >= 0.6 is 0 Å². The number of benzene rings is 1. The molecule has 0 aliphatic rings. The zero-order chi connectivity index (χ0) is 13.0. The molecule has 0 radical (unpaired) electrons. The summed E-state index contributed by atoms with van der Waals surface area (Å²) in [5.74, 6) is -0.476. The Morgan fingerprint density at radius 3 is 2.67 bits per heavy atom. The van der Waals surface area contributed by atoms with Crippen molar-refractivity contribution >= 4 is 0 Å². The van der Waals surface area contributed by atoms with E-state index in [1.807, 2.05) is 7.05 Å². The molecule has 0 spiro atoms. The number of nitrogens with one attached hydrogen (secondary N) is 1. The fourth-order valence-electron chi connectivity index (χ4n) is 1.55. The number of aromatic nitrogens is 2. The van der Waals surface area contributed by atoms with Crippen LogP contribution in [0.5, 0.6) is 0 Å². The monoisotopic (exact) mass is 253 g/mol. The molecule has 0 amide bonds. The van der Waals surface area contributed by atoms with Gasteiger partial charge < -0.3 is 9.84 Å². The molecule has 0 aliphatic heterocycles. The fraction of sp³-hybridized carbons (Fsp3) is 0.333. The van der Waals surface area contributed by atoms with Gasteiger partial charge in [0.15, 0.2) is 5.82 Å². The molecule has 0 saturated carbocycles. The van der Waals surface area contributed by atoms with Gasteiger partial charge in [-0.1, -0.05) is 11.2 Å². The van der Waals surface area contributed by atoms with Crippen molar-refractivity contribution < 1.29 is 13.3 Å². The van der Waals surface area contributed by atoms with E-state index in [0.717, 1.165) is 0 Å². The summed E-state index contributed by atoms with van der Waals surface area (Å²) in [6.45, 7) is 0.715. The zero-order valence-electron chi connectivity index (χ0n) is 9.91. The Balaban J connectivity index is 2.11. The predicted molar refractivity (Wildman–Crippen MR) is 61.1 cm³/mol. The van der Waals surface area contributed by atoms with Crippen LogP contribution in [-0.2, 0) is 12.8 Å². The molecule has 0 fully saturated rings. The van der Waals surface area contributed by atoms with Gasteiger partial charge in [0.2, 0.25) is 5.89 Å². The number of hydrogen-bond acceptors (Lipinski definition) is 4. The summed E-state index contributed by atoms with van der Waals surface area (Å²) in [6, 6.07) is 3.73. The van der Waals surface area contributed by atoms with Crippen molar-refractivity contribution in [3.63, 3.8) is 0 Å². The Labute approximate surface area is 103 Å². The lowest BCUT2D eigenvalue weighted by Gasteiger charge is -2.00. The van der Waals surface area contributed by atoms with E-state index < -0.39 is 11.6 Å². The SMILES string of the molecule is CNCCc1noc(Cc2c(F)cccc2F)n1. The van der Waals surface area contributed by atoms with E-state index >= 15 is 0 Å². The maximum absolute atomic E-state index is 13.4. The topological polar surface area (TPSA) is 51.0 Å². The molecule has 18 heavy (non-hydrogen) atoms. The standard InChI is InChI=1S/C12H13F2N3O/c1-15-6-5-11-16-12(18-17-11)7-8-9(13)3-2-4-10(8)14/h2-4,15H,5-7H2,1H3. The first-order chi connectivity index (χ1) is 8.70. The average molecular weight is 253 g/mol. The molecule has 1 aromatic carbocycles. The van der Waals surface area contributed by atoms with Gasteiger partial charge in [-0.3, -0.25) is 0 Å². The predicted octanol–water partition coefficient (Wildman–Crippen LogP) is 1.70. The molecule has 1 aromatic heterocycles. The normalized spacial score (nSPS) is 10.8. The number of nitrogens with zero attached hydrogens (tertiary/aromatic N) is 2. The second-order valence-electron chi connectivity index (χ2n) is 3.83. The van der Waals surface area contributed by atoms with E-state index in [9.17, 15) is 8.78 Å². The van der Waals surface area contributed by atoms with E-state index in [1.165, 1.54) is 18.2 Å². The largest absolute Gasteiger partial charge is 0.339 e. The molecule has 0 aliphatic carbocycles. The van der Waals surface area contributed by atoms with Gasteiger partial charge in [-0.05, 0) is 19.2 Å². The molecule has 0 saturated heterocycles. The van der Waals surface area contributed by atoms with Crippen LogP contribution in [0.1, 0.15) is 17.3 Å². The lowest BCUT2D eigenvalue weighted by atomic mass is 10.1. The highest BCUT2D eigenvalue weighted by molar-refractivity contribution is 5.22. The molecular formula is C12H13F2N3O. The second kappa shape index (κ2) is 5.68. The lowest BCUT2D eigenvalue weighted by molar-refractivity contribution is 0.376. The Bertz CT molecular complexity index is 508. The van der Waals surface area contributed by atoms with Crippen LogP contribution < -0.4 is 5.32 Å². The first-order valence-electron chi connectivity index (χ1n) is 5.59. The third-order valence-corrected chi connectivity index (χ3v) is 2.50. The third kappa shape index (κ3) is 2.89. The first kappa shape index (κ1) is 12.6. The van der Waals surface area contributed by atoms with Crippen molar-refractivity contribution in [1.29, 1.82) is 0 Å². The number of rotatable bonds is 5.